The van der Waals surface area contributed by atoms with Gasteiger partial charge in [0.15, 0.2) is 22.3 Å². The molecule has 0 heterocycles. The number of benzene rings is 3. The largest absolute Gasteiger partial charge is 0.504 e. The third kappa shape index (κ3) is 4.02. The van der Waals surface area contributed by atoms with Crippen LogP contribution in [0.3, 0.4) is 0 Å². The molecule has 3 aromatic rings. The minimum Gasteiger partial charge on any atom is -0.504 e. The molecule has 0 aromatic heterocycles. The molecule has 10 heteroatoms. The van der Waals surface area contributed by atoms with E-state index in [0.717, 1.165) is 0 Å². The van der Waals surface area contributed by atoms with Crippen molar-refractivity contribution in [2.75, 3.05) is 0 Å². The number of hydrogen-bond acceptors (Lipinski definition) is 4. The number of aromatic hydroxyl groups is 1. The minimum absolute atomic E-state index is 0.361. The van der Waals surface area contributed by atoms with Gasteiger partial charge in [-0.15, -0.1) is 0 Å². The monoisotopic (exact) mass is 440 g/mol. The van der Waals surface area contributed by atoms with Crippen molar-refractivity contribution >= 4 is 10.0 Å². The van der Waals surface area contributed by atoms with Gasteiger partial charge in [-0.05, 0) is 11.1 Å². The highest BCUT2D eigenvalue weighted by molar-refractivity contribution is 7.89. The lowest BCUT2D eigenvalue weighted by molar-refractivity contribution is 0.344. The van der Waals surface area contributed by atoms with Crippen LogP contribution in [-0.2, 0) is 10.0 Å². The van der Waals surface area contributed by atoms with Gasteiger partial charge in [0, 0.05) is 0 Å². The van der Waals surface area contributed by atoms with E-state index in [2.05, 4.69) is 4.72 Å². The third-order valence-corrected chi connectivity index (χ3v) is 5.93. The Labute approximate surface area is 169 Å². The lowest BCUT2D eigenvalue weighted by Crippen LogP contribution is -2.36. The Bertz CT molecular complexity index is 1130. The average molecular weight is 440 g/mol. The molecule has 0 saturated carbocycles. The summed E-state index contributed by atoms with van der Waals surface area (Å²) in [4.78, 5) is -1.75. The Morgan fingerprint density at radius 1 is 0.767 bits per heavy atom. The first kappa shape index (κ1) is 21.8. The minimum atomic E-state index is -5.09. The van der Waals surface area contributed by atoms with Gasteiger partial charge in [-0.3, -0.25) is 0 Å². The number of phenols is 1. The highest BCUT2D eigenvalue weighted by Crippen LogP contribution is 2.35. The van der Waals surface area contributed by atoms with Crippen molar-refractivity contribution in [3.63, 3.8) is 0 Å². The first-order valence-corrected chi connectivity index (χ1v) is 10.1. The van der Waals surface area contributed by atoms with E-state index in [1.165, 1.54) is 12.1 Å². The van der Waals surface area contributed by atoms with Crippen LogP contribution in [0.4, 0.5) is 17.6 Å². The van der Waals surface area contributed by atoms with Crippen LogP contribution in [0.15, 0.2) is 65.6 Å². The van der Waals surface area contributed by atoms with Crippen LogP contribution >= 0.6 is 0 Å². The van der Waals surface area contributed by atoms with Crippen molar-refractivity contribution in [2.24, 2.45) is 5.73 Å². The number of halogens is 4. The number of nitrogens with two attached hydrogens (primary N) is 1. The third-order valence-electron chi connectivity index (χ3n) is 4.45. The molecule has 0 fully saturated rings. The maximum Gasteiger partial charge on any atom is 0.248 e. The number of hydrogen-bond donors (Lipinski definition) is 3. The second kappa shape index (κ2) is 8.42. The first-order valence-electron chi connectivity index (χ1n) is 8.58. The maximum absolute atomic E-state index is 14.2. The fourth-order valence-electron chi connectivity index (χ4n) is 2.95. The Morgan fingerprint density at radius 3 is 1.77 bits per heavy atom. The molecule has 3 rings (SSSR count). The first-order chi connectivity index (χ1) is 14.1. The summed E-state index contributed by atoms with van der Waals surface area (Å²) >= 11 is 0. The summed E-state index contributed by atoms with van der Waals surface area (Å²) in [5, 5.41) is 9.69. The van der Waals surface area contributed by atoms with Crippen molar-refractivity contribution < 1.29 is 31.1 Å². The van der Waals surface area contributed by atoms with Gasteiger partial charge in [-0.25, -0.2) is 26.3 Å². The molecule has 0 bridgehead atoms. The van der Waals surface area contributed by atoms with Crippen LogP contribution in [-0.4, -0.2) is 13.5 Å². The van der Waals surface area contributed by atoms with E-state index in [0.29, 0.717) is 11.1 Å². The SMILES string of the molecule is N[C@H](c1ccccc1)[C@H](NS(=O)(=O)c1c(O)c(F)c(F)c(F)c1F)c1ccccc1. The zero-order chi connectivity index (χ0) is 22.1. The van der Waals surface area contributed by atoms with Crippen molar-refractivity contribution in [2.45, 2.75) is 17.0 Å². The number of sulfonamides is 1. The molecule has 2 atom stereocenters. The molecule has 30 heavy (non-hydrogen) atoms. The molecule has 4 N–H and O–H groups in total. The highest BCUT2D eigenvalue weighted by Gasteiger charge is 2.36. The van der Waals surface area contributed by atoms with Crippen LogP contribution in [0.25, 0.3) is 0 Å². The maximum atomic E-state index is 14.2. The molecule has 0 aliphatic rings. The topological polar surface area (TPSA) is 92.4 Å². The van der Waals surface area contributed by atoms with Gasteiger partial charge in [0.05, 0.1) is 12.1 Å². The molecule has 0 radical (unpaired) electrons. The molecular formula is C20H16F4N2O3S. The van der Waals surface area contributed by atoms with Crippen molar-refractivity contribution in [3.8, 4) is 5.75 Å². The molecule has 0 aliphatic heterocycles. The summed E-state index contributed by atoms with van der Waals surface area (Å²) in [6, 6.07) is 14.0. The Hall–Kier alpha value is -2.95. The highest BCUT2D eigenvalue weighted by atomic mass is 32.2. The normalized spacial score (nSPS) is 13.8. The van der Waals surface area contributed by atoms with E-state index in [4.69, 9.17) is 5.73 Å². The lowest BCUT2D eigenvalue weighted by atomic mass is 9.95. The van der Waals surface area contributed by atoms with Gasteiger partial charge in [0.1, 0.15) is 0 Å². The predicted octanol–water partition coefficient (Wildman–Crippen LogP) is 3.67. The predicted molar refractivity (Wildman–Crippen MR) is 101 cm³/mol. The van der Waals surface area contributed by atoms with Crippen LogP contribution in [0.1, 0.15) is 23.2 Å². The van der Waals surface area contributed by atoms with E-state index in [-0.39, 0.29) is 0 Å². The van der Waals surface area contributed by atoms with E-state index in [1.54, 1.807) is 48.5 Å². The zero-order valence-corrected chi connectivity index (χ0v) is 16.0. The molecule has 0 spiro atoms. The van der Waals surface area contributed by atoms with Gasteiger partial charge in [-0.2, -0.15) is 4.39 Å². The van der Waals surface area contributed by atoms with Crippen LogP contribution in [0, 0.1) is 23.3 Å². The van der Waals surface area contributed by atoms with E-state index >= 15 is 0 Å². The molecule has 0 aliphatic carbocycles. The lowest BCUT2D eigenvalue weighted by Gasteiger charge is -2.26. The van der Waals surface area contributed by atoms with Crippen LogP contribution in [0.5, 0.6) is 5.75 Å². The van der Waals surface area contributed by atoms with E-state index in [1.807, 2.05) is 0 Å². The van der Waals surface area contributed by atoms with Gasteiger partial charge >= 0.3 is 0 Å². The second-order valence-electron chi connectivity index (χ2n) is 6.38. The van der Waals surface area contributed by atoms with E-state index < -0.39 is 56.0 Å². The number of nitrogens with one attached hydrogen (secondary N) is 1. The summed E-state index contributed by atoms with van der Waals surface area (Å²) in [5.74, 6) is -11.0. The van der Waals surface area contributed by atoms with Gasteiger partial charge in [0.25, 0.3) is 0 Å². The second-order valence-corrected chi connectivity index (χ2v) is 8.03. The fourth-order valence-corrected chi connectivity index (χ4v) is 4.35. The van der Waals surface area contributed by atoms with Gasteiger partial charge < -0.3 is 10.8 Å². The molecule has 0 unspecified atom stereocenters. The van der Waals surface area contributed by atoms with Crippen molar-refractivity contribution in [1.29, 1.82) is 0 Å². The summed E-state index contributed by atoms with van der Waals surface area (Å²) in [6.07, 6.45) is 0. The molecule has 0 amide bonds. The number of rotatable bonds is 6. The molecule has 158 valence electrons. The van der Waals surface area contributed by atoms with Crippen molar-refractivity contribution in [3.05, 3.63) is 95.1 Å². The Morgan fingerprint density at radius 2 is 1.23 bits per heavy atom. The number of phenolic OH excluding ortho intramolecular Hbond substituents is 1. The summed E-state index contributed by atoms with van der Waals surface area (Å²) in [5.41, 5.74) is 7.10. The quantitative estimate of drug-likeness (QED) is 0.310. The van der Waals surface area contributed by atoms with Crippen LogP contribution in [0.2, 0.25) is 0 Å². The van der Waals surface area contributed by atoms with Gasteiger partial charge in [0.2, 0.25) is 21.7 Å². The fraction of sp³-hybridized carbons (Fsp3) is 0.100. The molecule has 0 saturated heterocycles. The Kier molecular flexibility index (Phi) is 6.11. The summed E-state index contributed by atoms with van der Waals surface area (Å²) in [7, 11) is -5.09. The van der Waals surface area contributed by atoms with Gasteiger partial charge in [-0.1, -0.05) is 60.7 Å². The average Bonchev–Trinajstić information content (AvgIpc) is 2.75. The molecule has 3 aromatic carbocycles. The van der Waals surface area contributed by atoms with Crippen LogP contribution < -0.4 is 10.5 Å². The molecule has 5 nitrogen and oxygen atoms in total. The molecular weight excluding hydrogens is 424 g/mol. The summed E-state index contributed by atoms with van der Waals surface area (Å²) < 4.78 is 82.5. The zero-order valence-electron chi connectivity index (χ0n) is 15.2. The Balaban J connectivity index is 2.12. The summed E-state index contributed by atoms with van der Waals surface area (Å²) in [6.45, 7) is 0. The van der Waals surface area contributed by atoms with E-state index in [9.17, 15) is 31.1 Å². The smallest absolute Gasteiger partial charge is 0.248 e. The standard InChI is InChI=1S/C20H16F4N2O3S/c21-13-14(22)16(24)20(19(27)15(13)23)30(28,29)26-18(12-9-5-2-6-10-12)17(25)11-7-3-1-4-8-11/h1-10,17-18,26-27H,25H2/t17-,18-/m1/s1. The van der Waals surface area contributed by atoms with Crippen molar-refractivity contribution in [1.82, 2.24) is 4.72 Å².